The number of hydrogen-bond donors (Lipinski definition) is 0. The third-order valence-electron chi connectivity index (χ3n) is 4.85. The van der Waals surface area contributed by atoms with Crippen LogP contribution in [0.3, 0.4) is 0 Å². The van der Waals surface area contributed by atoms with Crippen LogP contribution >= 0.6 is 0 Å². The van der Waals surface area contributed by atoms with Gasteiger partial charge in [0.25, 0.3) is 5.56 Å². The number of rotatable bonds is 4. The second kappa shape index (κ2) is 6.63. The minimum atomic E-state index is -0.387. The van der Waals surface area contributed by atoms with Crippen molar-refractivity contribution in [2.24, 2.45) is 12.1 Å². The van der Waals surface area contributed by atoms with E-state index in [-0.39, 0.29) is 17.8 Å². The first kappa shape index (κ1) is 18.0. The Hall–Kier alpha value is -3.42. The standard InChI is InChI=1S/C20H22N6O2/c1-5-9-26-19-21-17-16(24(19)11-14(3)22-26)18(27)25(20(28)23(17)4)12-15-8-6-7-13(2)10-15/h5-8,10H,1,9,11-12H2,2-4H3. The molecule has 0 fully saturated rings. The molecule has 2 aromatic heterocycles. The molecule has 144 valence electrons. The van der Waals surface area contributed by atoms with E-state index in [1.54, 1.807) is 18.1 Å². The fraction of sp³-hybridized carbons (Fsp3) is 0.300. The van der Waals surface area contributed by atoms with Crippen LogP contribution in [-0.4, -0.2) is 30.9 Å². The first-order valence-corrected chi connectivity index (χ1v) is 9.09. The van der Waals surface area contributed by atoms with Crippen molar-refractivity contribution in [3.8, 4) is 0 Å². The topological polar surface area (TPSA) is 77.4 Å². The Balaban J connectivity index is 1.95. The van der Waals surface area contributed by atoms with Crippen molar-refractivity contribution in [3.05, 3.63) is 68.9 Å². The van der Waals surface area contributed by atoms with E-state index in [1.807, 2.05) is 42.7 Å². The third-order valence-corrected chi connectivity index (χ3v) is 4.85. The zero-order chi connectivity index (χ0) is 20.0. The van der Waals surface area contributed by atoms with Gasteiger partial charge in [-0.2, -0.15) is 10.1 Å². The zero-order valence-corrected chi connectivity index (χ0v) is 16.2. The maximum atomic E-state index is 13.3. The fourth-order valence-electron chi connectivity index (χ4n) is 3.60. The van der Waals surface area contributed by atoms with E-state index in [4.69, 9.17) is 0 Å². The molecule has 3 aromatic rings. The summed E-state index contributed by atoms with van der Waals surface area (Å²) in [5, 5.41) is 6.18. The van der Waals surface area contributed by atoms with Gasteiger partial charge in [0.15, 0.2) is 11.2 Å². The molecule has 1 aliphatic heterocycles. The maximum absolute atomic E-state index is 13.3. The van der Waals surface area contributed by atoms with Crippen LogP contribution in [0.1, 0.15) is 18.1 Å². The number of anilines is 1. The van der Waals surface area contributed by atoms with Gasteiger partial charge in [-0.25, -0.2) is 9.80 Å². The number of fused-ring (bicyclic) bond motifs is 3. The van der Waals surface area contributed by atoms with Crippen molar-refractivity contribution < 1.29 is 0 Å². The van der Waals surface area contributed by atoms with Crippen LogP contribution in [0, 0.1) is 6.92 Å². The summed E-state index contributed by atoms with van der Waals surface area (Å²) in [7, 11) is 1.64. The number of aromatic nitrogens is 4. The Morgan fingerprint density at radius 2 is 2.04 bits per heavy atom. The van der Waals surface area contributed by atoms with Crippen LogP contribution in [0.5, 0.6) is 0 Å². The number of hydrogen-bond acceptors (Lipinski definition) is 5. The number of imidazole rings is 1. The number of benzene rings is 1. The molecule has 0 amide bonds. The molecule has 0 bridgehead atoms. The van der Waals surface area contributed by atoms with Crippen LogP contribution in [0.2, 0.25) is 0 Å². The van der Waals surface area contributed by atoms with E-state index >= 15 is 0 Å². The van der Waals surface area contributed by atoms with Crippen LogP contribution in [0.25, 0.3) is 11.2 Å². The Morgan fingerprint density at radius 1 is 1.25 bits per heavy atom. The number of aryl methyl sites for hydroxylation is 2. The van der Waals surface area contributed by atoms with Gasteiger partial charge >= 0.3 is 5.69 Å². The molecule has 0 saturated carbocycles. The molecule has 1 aliphatic rings. The summed E-state index contributed by atoms with van der Waals surface area (Å²) < 4.78 is 4.53. The third kappa shape index (κ3) is 2.77. The molecule has 0 unspecified atom stereocenters. The van der Waals surface area contributed by atoms with E-state index < -0.39 is 0 Å². The SMILES string of the molecule is C=CCN1N=C(C)Cn2c1nc1c2c(=O)n(Cc2cccc(C)c2)c(=O)n1C. The van der Waals surface area contributed by atoms with Gasteiger partial charge in [-0.15, -0.1) is 6.58 Å². The van der Waals surface area contributed by atoms with Gasteiger partial charge < -0.3 is 0 Å². The Bertz CT molecular complexity index is 1240. The van der Waals surface area contributed by atoms with Crippen molar-refractivity contribution in [2.45, 2.75) is 26.9 Å². The lowest BCUT2D eigenvalue weighted by molar-refractivity contribution is 0.653. The second-order valence-electron chi connectivity index (χ2n) is 7.10. The highest BCUT2D eigenvalue weighted by Gasteiger charge is 2.26. The average Bonchev–Trinajstić information content (AvgIpc) is 3.03. The highest BCUT2D eigenvalue weighted by atomic mass is 16.2. The van der Waals surface area contributed by atoms with E-state index in [2.05, 4.69) is 16.7 Å². The lowest BCUT2D eigenvalue weighted by atomic mass is 10.1. The lowest BCUT2D eigenvalue weighted by Gasteiger charge is -2.23. The highest BCUT2D eigenvalue weighted by molar-refractivity contribution is 5.87. The van der Waals surface area contributed by atoms with E-state index in [1.165, 1.54) is 9.13 Å². The van der Waals surface area contributed by atoms with Crippen LogP contribution in [0.15, 0.2) is 51.6 Å². The molecule has 8 heteroatoms. The Kier molecular flexibility index (Phi) is 4.26. The van der Waals surface area contributed by atoms with Crippen LogP contribution in [-0.2, 0) is 20.1 Å². The predicted octanol–water partition coefficient (Wildman–Crippen LogP) is 1.64. The summed E-state index contributed by atoms with van der Waals surface area (Å²) >= 11 is 0. The van der Waals surface area contributed by atoms with Gasteiger partial charge in [-0.1, -0.05) is 35.9 Å². The predicted molar refractivity (Wildman–Crippen MR) is 110 cm³/mol. The average molecular weight is 378 g/mol. The number of hydrazone groups is 1. The van der Waals surface area contributed by atoms with E-state index in [9.17, 15) is 9.59 Å². The normalized spacial score (nSPS) is 13.5. The minimum Gasteiger partial charge on any atom is -0.297 e. The molecule has 8 nitrogen and oxygen atoms in total. The van der Waals surface area contributed by atoms with E-state index in [0.717, 1.165) is 16.8 Å². The van der Waals surface area contributed by atoms with Crippen LogP contribution in [0.4, 0.5) is 5.95 Å². The molecule has 0 N–H and O–H groups in total. The first-order chi connectivity index (χ1) is 13.4. The molecule has 4 rings (SSSR count). The number of nitrogens with zero attached hydrogens (tertiary/aromatic N) is 6. The van der Waals surface area contributed by atoms with E-state index in [0.29, 0.717) is 30.2 Å². The smallest absolute Gasteiger partial charge is 0.297 e. The molecule has 0 radical (unpaired) electrons. The summed E-state index contributed by atoms with van der Waals surface area (Å²) in [6.07, 6.45) is 1.72. The van der Waals surface area contributed by atoms with Gasteiger partial charge in [-0.05, 0) is 19.4 Å². The summed E-state index contributed by atoms with van der Waals surface area (Å²) in [6.45, 7) is 8.77. The molecular weight excluding hydrogens is 356 g/mol. The first-order valence-electron chi connectivity index (χ1n) is 9.09. The molecule has 3 heterocycles. The molecule has 28 heavy (non-hydrogen) atoms. The van der Waals surface area contributed by atoms with Crippen molar-refractivity contribution in [1.82, 2.24) is 18.7 Å². The van der Waals surface area contributed by atoms with Crippen molar-refractivity contribution in [2.75, 3.05) is 11.6 Å². The molecule has 0 aliphatic carbocycles. The van der Waals surface area contributed by atoms with Gasteiger partial charge in [0.2, 0.25) is 5.95 Å². The maximum Gasteiger partial charge on any atom is 0.332 e. The van der Waals surface area contributed by atoms with Crippen molar-refractivity contribution >= 4 is 22.8 Å². The van der Waals surface area contributed by atoms with Crippen molar-refractivity contribution in [3.63, 3.8) is 0 Å². The summed E-state index contributed by atoms with van der Waals surface area (Å²) in [4.78, 5) is 30.8. The zero-order valence-electron chi connectivity index (χ0n) is 16.2. The highest BCUT2D eigenvalue weighted by Crippen LogP contribution is 2.23. The van der Waals surface area contributed by atoms with Crippen molar-refractivity contribution in [1.29, 1.82) is 0 Å². The van der Waals surface area contributed by atoms with Crippen LogP contribution < -0.4 is 16.3 Å². The molecule has 0 saturated heterocycles. The van der Waals surface area contributed by atoms with Gasteiger partial charge in [0.05, 0.1) is 25.3 Å². The quantitative estimate of drug-likeness (QED) is 0.647. The lowest BCUT2D eigenvalue weighted by Crippen LogP contribution is -2.40. The molecular formula is C20H22N6O2. The molecule has 1 aromatic carbocycles. The van der Waals surface area contributed by atoms with Gasteiger partial charge in [-0.3, -0.25) is 18.5 Å². The fourth-order valence-corrected chi connectivity index (χ4v) is 3.60. The summed E-state index contributed by atoms with van der Waals surface area (Å²) in [5.74, 6) is 0.543. The van der Waals surface area contributed by atoms with Gasteiger partial charge in [0.1, 0.15) is 0 Å². The summed E-state index contributed by atoms with van der Waals surface area (Å²) in [5.41, 5.74) is 2.89. The largest absolute Gasteiger partial charge is 0.332 e. The second-order valence-corrected chi connectivity index (χ2v) is 7.10. The minimum absolute atomic E-state index is 0.215. The molecule has 0 spiro atoms. The Morgan fingerprint density at radius 3 is 2.75 bits per heavy atom. The monoisotopic (exact) mass is 378 g/mol. The summed E-state index contributed by atoms with van der Waals surface area (Å²) in [6, 6.07) is 7.80. The van der Waals surface area contributed by atoms with Gasteiger partial charge in [0, 0.05) is 7.05 Å². The Labute approximate surface area is 161 Å². The molecule has 0 atom stereocenters.